The number of fused-ring (bicyclic) bond motifs is 1. The molecule has 0 radical (unpaired) electrons. The Hall–Kier alpha value is -1.89. The molecule has 1 unspecified atom stereocenters. The topological polar surface area (TPSA) is 58.6 Å². The summed E-state index contributed by atoms with van der Waals surface area (Å²) in [7, 11) is 0. The van der Waals surface area contributed by atoms with Gasteiger partial charge in [-0.3, -0.25) is 9.59 Å². The molecule has 1 saturated heterocycles. The molecule has 1 aromatic rings. The second kappa shape index (κ2) is 10.2. The van der Waals surface area contributed by atoms with Crippen LogP contribution in [-0.2, 0) is 4.79 Å². The summed E-state index contributed by atoms with van der Waals surface area (Å²) in [5, 5.41) is 3.55. The zero-order valence-corrected chi connectivity index (χ0v) is 19.8. The molecule has 4 rings (SSSR count). The van der Waals surface area contributed by atoms with Crippen LogP contribution in [0.5, 0.6) is 5.75 Å². The number of alkyl halides is 2. The highest BCUT2D eigenvalue weighted by Crippen LogP contribution is 2.40. The molecule has 3 aliphatic rings. The number of hydrogen-bond acceptors (Lipinski definition) is 3. The summed E-state index contributed by atoms with van der Waals surface area (Å²) in [6.45, 7) is 2.22. The van der Waals surface area contributed by atoms with Crippen LogP contribution in [0, 0.1) is 11.3 Å². The van der Waals surface area contributed by atoms with Crippen LogP contribution in [0.25, 0.3) is 0 Å². The van der Waals surface area contributed by atoms with Crippen LogP contribution < -0.4 is 10.1 Å². The Morgan fingerprint density at radius 2 is 1.85 bits per heavy atom. The van der Waals surface area contributed by atoms with Gasteiger partial charge in [0.15, 0.2) is 0 Å². The fourth-order valence-corrected chi connectivity index (χ4v) is 5.68. The molecule has 2 amide bonds. The number of benzene rings is 1. The summed E-state index contributed by atoms with van der Waals surface area (Å²) in [4.78, 5) is 28.1. The molecule has 182 valence electrons. The van der Waals surface area contributed by atoms with E-state index < -0.39 is 5.92 Å². The van der Waals surface area contributed by atoms with Gasteiger partial charge in [-0.1, -0.05) is 24.4 Å². The van der Waals surface area contributed by atoms with Crippen molar-refractivity contribution in [2.75, 3.05) is 26.2 Å². The first-order valence-electron chi connectivity index (χ1n) is 12.1. The van der Waals surface area contributed by atoms with Crippen LogP contribution in [0.2, 0.25) is 5.02 Å². The van der Waals surface area contributed by atoms with Gasteiger partial charge in [0.25, 0.3) is 5.91 Å². The summed E-state index contributed by atoms with van der Waals surface area (Å²) < 4.78 is 33.0. The van der Waals surface area contributed by atoms with Crippen molar-refractivity contribution in [3.05, 3.63) is 28.8 Å². The summed E-state index contributed by atoms with van der Waals surface area (Å²) in [6, 6.07) is 5.07. The molecule has 2 fully saturated rings. The predicted molar refractivity (Wildman–Crippen MR) is 123 cm³/mol. The van der Waals surface area contributed by atoms with Gasteiger partial charge in [-0.05, 0) is 56.7 Å². The number of nitrogens with one attached hydrogen (secondary N) is 1. The van der Waals surface area contributed by atoms with Crippen molar-refractivity contribution >= 4 is 23.4 Å². The van der Waals surface area contributed by atoms with Gasteiger partial charge in [0.05, 0.1) is 12.2 Å². The van der Waals surface area contributed by atoms with Crippen molar-refractivity contribution in [1.82, 2.24) is 10.2 Å². The quantitative estimate of drug-likeness (QED) is 0.578. The highest BCUT2D eigenvalue weighted by molar-refractivity contribution is 6.31. The minimum absolute atomic E-state index is 0.00699. The van der Waals surface area contributed by atoms with Crippen LogP contribution >= 0.6 is 11.6 Å². The number of nitrogens with zero attached hydrogens (tertiary/aromatic N) is 1. The number of rotatable bonds is 1. The van der Waals surface area contributed by atoms with Crippen molar-refractivity contribution in [2.24, 2.45) is 11.3 Å². The van der Waals surface area contributed by atoms with Crippen LogP contribution in [0.15, 0.2) is 18.2 Å². The van der Waals surface area contributed by atoms with Gasteiger partial charge < -0.3 is 15.0 Å². The summed E-state index contributed by atoms with van der Waals surface area (Å²) in [5.74, 6) is -2.65. The fraction of sp³-hybridized carbons (Fsp3) is 0.680. The molecule has 1 N–H and O–H groups in total. The van der Waals surface area contributed by atoms with Crippen molar-refractivity contribution in [3.8, 4) is 5.75 Å². The zero-order chi connectivity index (χ0) is 23.5. The molecular weight excluding hydrogens is 450 g/mol. The normalized spacial score (nSPS) is 27.0. The molecule has 0 bridgehead atoms. The zero-order valence-electron chi connectivity index (χ0n) is 19.0. The second-order valence-electron chi connectivity index (χ2n) is 9.98. The van der Waals surface area contributed by atoms with Crippen molar-refractivity contribution in [1.29, 1.82) is 0 Å². The van der Waals surface area contributed by atoms with Gasteiger partial charge in [0, 0.05) is 48.8 Å². The maximum atomic E-state index is 13.6. The Morgan fingerprint density at radius 3 is 2.64 bits per heavy atom. The monoisotopic (exact) mass is 482 g/mol. The molecule has 0 aromatic heterocycles. The lowest BCUT2D eigenvalue weighted by Crippen LogP contribution is -2.52. The van der Waals surface area contributed by atoms with Gasteiger partial charge >= 0.3 is 0 Å². The lowest BCUT2D eigenvalue weighted by Gasteiger charge is -2.45. The summed E-state index contributed by atoms with van der Waals surface area (Å²) >= 11 is 6.13. The maximum Gasteiger partial charge on any atom is 0.255 e. The van der Waals surface area contributed by atoms with Gasteiger partial charge in [-0.15, -0.1) is 0 Å². The Labute approximate surface area is 199 Å². The van der Waals surface area contributed by atoms with Gasteiger partial charge in [0.1, 0.15) is 5.75 Å². The van der Waals surface area contributed by atoms with E-state index in [1.54, 1.807) is 18.2 Å². The first-order valence-corrected chi connectivity index (χ1v) is 12.5. The number of piperidine rings is 1. The Morgan fingerprint density at radius 1 is 1.09 bits per heavy atom. The number of halogens is 3. The molecule has 33 heavy (non-hydrogen) atoms. The standard InChI is InChI=1S/C25H33ClF2N2O3/c26-19-5-6-21-20(15-19)22(31)29-16-24(9-2-1-3-14-33-21)10-4-13-30(17-24)23(32)18-7-11-25(27,28)12-8-18/h5-6,15,18H,1-4,7-14,16-17H2,(H,29,31). The number of hydrogen-bond donors (Lipinski definition) is 1. The minimum Gasteiger partial charge on any atom is -0.493 e. The number of ether oxygens (including phenoxy) is 1. The van der Waals surface area contributed by atoms with Gasteiger partial charge in [0.2, 0.25) is 11.8 Å². The third kappa shape index (κ3) is 5.97. The molecule has 1 saturated carbocycles. The molecule has 1 aromatic carbocycles. The van der Waals surface area contributed by atoms with E-state index in [4.69, 9.17) is 16.3 Å². The molecule has 1 aliphatic carbocycles. The molecule has 2 heterocycles. The molecular formula is C25H33ClF2N2O3. The lowest BCUT2D eigenvalue weighted by atomic mass is 9.75. The largest absolute Gasteiger partial charge is 0.493 e. The maximum absolute atomic E-state index is 13.6. The van der Waals surface area contributed by atoms with Crippen molar-refractivity contribution in [2.45, 2.75) is 70.1 Å². The average molecular weight is 483 g/mol. The van der Waals surface area contributed by atoms with E-state index in [0.717, 1.165) is 38.5 Å². The van der Waals surface area contributed by atoms with Gasteiger partial charge in [-0.25, -0.2) is 8.78 Å². The van der Waals surface area contributed by atoms with Crippen LogP contribution in [0.1, 0.15) is 74.6 Å². The molecule has 1 atom stereocenters. The fourth-order valence-electron chi connectivity index (χ4n) is 5.51. The average Bonchev–Trinajstić information content (AvgIpc) is 2.79. The van der Waals surface area contributed by atoms with Crippen LogP contribution in [0.3, 0.4) is 0 Å². The predicted octanol–water partition coefficient (Wildman–Crippen LogP) is 5.46. The van der Waals surface area contributed by atoms with Crippen LogP contribution in [-0.4, -0.2) is 48.9 Å². The number of amides is 2. The Bertz CT molecular complexity index is 871. The number of likely N-dealkylation sites (tertiary alicyclic amines) is 1. The Kier molecular flexibility index (Phi) is 7.46. The molecule has 5 nitrogen and oxygen atoms in total. The molecule has 8 heteroatoms. The minimum atomic E-state index is -2.64. The van der Waals surface area contributed by atoms with E-state index >= 15 is 0 Å². The van der Waals surface area contributed by atoms with Crippen LogP contribution in [0.4, 0.5) is 8.78 Å². The highest BCUT2D eigenvalue weighted by Gasteiger charge is 2.42. The second-order valence-corrected chi connectivity index (χ2v) is 10.4. The first-order chi connectivity index (χ1) is 15.8. The summed E-state index contributed by atoms with van der Waals surface area (Å²) in [6.07, 6.45) is 5.67. The third-order valence-corrected chi connectivity index (χ3v) is 7.69. The van der Waals surface area contributed by atoms with Crippen molar-refractivity contribution < 1.29 is 23.1 Å². The van der Waals surface area contributed by atoms with Gasteiger partial charge in [-0.2, -0.15) is 0 Å². The summed E-state index contributed by atoms with van der Waals surface area (Å²) in [5.41, 5.74) is 0.214. The SMILES string of the molecule is O=C1NCC2(CCCCCOc3ccc(Cl)cc31)CCCN(C(=O)C1CCC(F)(F)CC1)C2. The third-order valence-electron chi connectivity index (χ3n) is 7.46. The lowest BCUT2D eigenvalue weighted by molar-refractivity contribution is -0.143. The first kappa shape index (κ1) is 24.2. The van der Waals surface area contributed by atoms with E-state index in [1.807, 2.05) is 4.90 Å². The van der Waals surface area contributed by atoms with E-state index in [2.05, 4.69) is 5.32 Å². The highest BCUT2D eigenvalue weighted by atomic mass is 35.5. The van der Waals surface area contributed by atoms with E-state index in [1.165, 1.54) is 0 Å². The number of carbonyl (C=O) groups is 2. The number of carbonyl (C=O) groups excluding carboxylic acids is 2. The smallest absolute Gasteiger partial charge is 0.255 e. The molecule has 2 aliphatic heterocycles. The van der Waals surface area contributed by atoms with E-state index in [9.17, 15) is 18.4 Å². The van der Waals surface area contributed by atoms with E-state index in [-0.39, 0.29) is 48.8 Å². The van der Waals surface area contributed by atoms with Crippen molar-refractivity contribution in [3.63, 3.8) is 0 Å². The molecule has 1 spiro atoms. The Balaban J connectivity index is 1.47. The van der Waals surface area contributed by atoms with E-state index in [0.29, 0.717) is 42.6 Å².